The van der Waals surface area contributed by atoms with Gasteiger partial charge in [-0.2, -0.15) is 0 Å². The molecule has 1 aromatic carbocycles. The molecule has 1 rings (SSSR count). The number of amides is 2. The number of hydrogen-bond acceptors (Lipinski definition) is 5. The predicted octanol–water partition coefficient (Wildman–Crippen LogP) is 4.08. The average molecular weight is 502 g/mol. The van der Waals surface area contributed by atoms with Gasteiger partial charge in [0.2, 0.25) is 11.8 Å². The van der Waals surface area contributed by atoms with Crippen LogP contribution in [-0.2, 0) is 24.5 Å². The lowest BCUT2D eigenvalue weighted by Gasteiger charge is -2.40. The fourth-order valence-corrected chi connectivity index (χ4v) is 4.40. The number of nitrogens with one attached hydrogen (secondary N) is 2. The van der Waals surface area contributed by atoms with E-state index in [1.165, 1.54) is 0 Å². The first-order chi connectivity index (χ1) is 16.6. The molecule has 36 heavy (non-hydrogen) atoms. The molecule has 0 aromatic heterocycles. The zero-order valence-electron chi connectivity index (χ0n) is 24.1. The van der Waals surface area contributed by atoms with Gasteiger partial charge in [0.05, 0.1) is 18.7 Å². The highest BCUT2D eigenvalue weighted by Crippen LogP contribution is 2.29. The summed E-state index contributed by atoms with van der Waals surface area (Å²) in [4.78, 5) is 41.2. The summed E-state index contributed by atoms with van der Waals surface area (Å²) >= 11 is 0. The van der Waals surface area contributed by atoms with Crippen molar-refractivity contribution in [3.63, 3.8) is 0 Å². The number of ether oxygens (including phenoxy) is 1. The molecule has 0 aliphatic rings. The van der Waals surface area contributed by atoms with Crippen LogP contribution in [0.2, 0.25) is 0 Å². The van der Waals surface area contributed by atoms with Crippen LogP contribution in [0.4, 0.5) is 0 Å². The lowest BCUT2D eigenvalue weighted by molar-refractivity contribution is -0.141. The van der Waals surface area contributed by atoms with Crippen LogP contribution in [0.1, 0.15) is 67.9 Å². The summed E-state index contributed by atoms with van der Waals surface area (Å²) in [6.07, 6.45) is 1.77. The molecular weight excluding hydrogens is 454 g/mol. The Morgan fingerprint density at radius 2 is 1.58 bits per heavy atom. The van der Waals surface area contributed by atoms with Crippen molar-refractivity contribution in [3.8, 4) is 0 Å². The van der Waals surface area contributed by atoms with Gasteiger partial charge in [0, 0.05) is 18.0 Å². The average Bonchev–Trinajstić information content (AvgIpc) is 2.80. The molecular formula is C29H47N3O4. The highest BCUT2D eigenvalue weighted by atomic mass is 16.5. The van der Waals surface area contributed by atoms with Gasteiger partial charge in [0.15, 0.2) is 0 Å². The zero-order chi connectivity index (χ0) is 27.8. The molecule has 0 aliphatic heterocycles. The van der Waals surface area contributed by atoms with Crippen LogP contribution < -0.4 is 10.6 Å². The Kier molecular flexibility index (Phi) is 11.4. The molecule has 2 N–H and O–H groups in total. The summed E-state index contributed by atoms with van der Waals surface area (Å²) in [5.41, 5.74) is 0.413. The number of nitrogens with zero attached hydrogens (tertiary/aromatic N) is 1. The van der Waals surface area contributed by atoms with E-state index in [4.69, 9.17) is 4.74 Å². The Morgan fingerprint density at radius 3 is 2.03 bits per heavy atom. The van der Waals surface area contributed by atoms with Crippen molar-refractivity contribution in [1.29, 1.82) is 0 Å². The van der Waals surface area contributed by atoms with E-state index in [0.29, 0.717) is 5.57 Å². The van der Waals surface area contributed by atoms with E-state index in [-0.39, 0.29) is 30.4 Å². The standard InChI is InChI=1S/C29H47N3O4/c1-12-36-27(35)20(4)18-22(19(2)3)32(11)26(34)24(28(5,6)7)31-25(33)23(30-10)29(8,9)21-16-14-13-15-17-21/h13-19,22-24,30H,12H2,1-11H3,(H,31,33)/b20-18+/t22-,23?,24-/m1/s1. The fraction of sp³-hybridized carbons (Fsp3) is 0.621. The van der Waals surface area contributed by atoms with E-state index in [9.17, 15) is 14.4 Å². The third kappa shape index (κ3) is 7.92. The van der Waals surface area contributed by atoms with Crippen molar-refractivity contribution in [2.75, 3.05) is 20.7 Å². The molecule has 0 radical (unpaired) electrons. The second-order valence-corrected chi connectivity index (χ2v) is 11.4. The number of carbonyl (C=O) groups excluding carboxylic acids is 3. The molecule has 0 bridgehead atoms. The first-order valence-corrected chi connectivity index (χ1v) is 12.7. The summed E-state index contributed by atoms with van der Waals surface area (Å²) in [6, 6.07) is 8.19. The largest absolute Gasteiger partial charge is 0.463 e. The maximum Gasteiger partial charge on any atom is 0.333 e. The summed E-state index contributed by atoms with van der Waals surface area (Å²) in [6.45, 7) is 17.6. The third-order valence-corrected chi connectivity index (χ3v) is 6.69. The second kappa shape index (κ2) is 13.0. The van der Waals surface area contributed by atoms with E-state index in [1.54, 1.807) is 38.9 Å². The molecule has 1 aromatic rings. The summed E-state index contributed by atoms with van der Waals surface area (Å²) in [5.74, 6) is -0.811. The number of likely N-dealkylation sites (N-methyl/N-ethyl adjacent to an activating group) is 2. The molecule has 1 unspecified atom stereocenters. The number of benzene rings is 1. The van der Waals surface area contributed by atoms with E-state index in [0.717, 1.165) is 5.56 Å². The van der Waals surface area contributed by atoms with Gasteiger partial charge < -0.3 is 20.3 Å². The molecule has 7 nitrogen and oxygen atoms in total. The second-order valence-electron chi connectivity index (χ2n) is 11.4. The van der Waals surface area contributed by atoms with Gasteiger partial charge >= 0.3 is 5.97 Å². The van der Waals surface area contributed by atoms with Crippen molar-refractivity contribution >= 4 is 17.8 Å². The zero-order valence-corrected chi connectivity index (χ0v) is 24.1. The summed E-state index contributed by atoms with van der Waals surface area (Å²) in [7, 11) is 3.48. The Bertz CT molecular complexity index is 916. The number of carbonyl (C=O) groups is 3. The topological polar surface area (TPSA) is 87.7 Å². The maximum atomic E-state index is 13.8. The van der Waals surface area contributed by atoms with E-state index >= 15 is 0 Å². The molecule has 3 atom stereocenters. The van der Waals surface area contributed by atoms with Gasteiger partial charge in [-0.1, -0.05) is 84.9 Å². The van der Waals surface area contributed by atoms with Crippen molar-refractivity contribution < 1.29 is 19.1 Å². The lowest BCUT2D eigenvalue weighted by Crippen LogP contribution is -2.61. The SMILES string of the molecule is CCOC(=O)/C(C)=C/[C@H](C(C)C)N(C)C(=O)[C@@H](NC(=O)C(NC)C(C)(C)c1ccccc1)C(C)(C)C. The lowest BCUT2D eigenvalue weighted by atomic mass is 9.76. The predicted molar refractivity (Wildman–Crippen MR) is 145 cm³/mol. The van der Waals surface area contributed by atoms with Gasteiger partial charge in [-0.3, -0.25) is 9.59 Å². The van der Waals surface area contributed by atoms with Gasteiger partial charge in [0.1, 0.15) is 6.04 Å². The molecule has 0 spiro atoms. The first-order valence-electron chi connectivity index (χ1n) is 12.7. The minimum atomic E-state index is -0.769. The van der Waals surface area contributed by atoms with E-state index in [2.05, 4.69) is 10.6 Å². The minimum Gasteiger partial charge on any atom is -0.463 e. The molecule has 202 valence electrons. The molecule has 0 heterocycles. The number of esters is 1. The smallest absolute Gasteiger partial charge is 0.333 e. The van der Waals surface area contributed by atoms with Crippen LogP contribution in [0.15, 0.2) is 42.0 Å². The molecule has 7 heteroatoms. The summed E-state index contributed by atoms with van der Waals surface area (Å²) < 4.78 is 5.11. The van der Waals surface area contributed by atoms with Gasteiger partial charge in [-0.25, -0.2) is 4.79 Å². The van der Waals surface area contributed by atoms with Crippen molar-refractivity contribution in [2.45, 2.75) is 85.9 Å². The van der Waals surface area contributed by atoms with Crippen molar-refractivity contribution in [1.82, 2.24) is 15.5 Å². The van der Waals surface area contributed by atoms with Crippen LogP contribution in [-0.4, -0.2) is 61.5 Å². The highest BCUT2D eigenvalue weighted by Gasteiger charge is 2.41. The quantitative estimate of drug-likeness (QED) is 0.352. The number of rotatable bonds is 11. The Hall–Kier alpha value is -2.67. The van der Waals surface area contributed by atoms with E-state index < -0.39 is 28.9 Å². The van der Waals surface area contributed by atoms with Crippen molar-refractivity contribution in [3.05, 3.63) is 47.5 Å². The third-order valence-electron chi connectivity index (χ3n) is 6.69. The fourth-order valence-electron chi connectivity index (χ4n) is 4.40. The molecule has 0 saturated heterocycles. The normalized spacial score (nSPS) is 15.2. The summed E-state index contributed by atoms with van der Waals surface area (Å²) in [5, 5.41) is 6.21. The van der Waals surface area contributed by atoms with Crippen LogP contribution in [0.3, 0.4) is 0 Å². The van der Waals surface area contributed by atoms with Crippen LogP contribution in [0, 0.1) is 11.3 Å². The molecule has 2 amide bonds. The molecule has 0 aliphatic carbocycles. The highest BCUT2D eigenvalue weighted by molar-refractivity contribution is 5.92. The Labute approximate surface area is 218 Å². The van der Waals surface area contributed by atoms with Gasteiger partial charge in [-0.15, -0.1) is 0 Å². The maximum absolute atomic E-state index is 13.8. The number of hydrogen-bond donors (Lipinski definition) is 2. The van der Waals surface area contributed by atoms with Gasteiger partial charge in [-0.05, 0) is 37.8 Å². The van der Waals surface area contributed by atoms with Gasteiger partial charge in [0.25, 0.3) is 0 Å². The molecule has 0 fully saturated rings. The van der Waals surface area contributed by atoms with Crippen LogP contribution in [0.25, 0.3) is 0 Å². The Balaban J connectivity index is 3.28. The first kappa shape index (κ1) is 31.4. The molecule has 0 saturated carbocycles. The van der Waals surface area contributed by atoms with Crippen molar-refractivity contribution in [2.24, 2.45) is 11.3 Å². The van der Waals surface area contributed by atoms with Crippen LogP contribution >= 0.6 is 0 Å². The van der Waals surface area contributed by atoms with Crippen LogP contribution in [0.5, 0.6) is 0 Å². The monoisotopic (exact) mass is 501 g/mol. The Morgan fingerprint density at radius 1 is 1.03 bits per heavy atom. The minimum absolute atomic E-state index is 0.0433. The van der Waals surface area contributed by atoms with E-state index in [1.807, 2.05) is 78.8 Å².